The van der Waals surface area contributed by atoms with Gasteiger partial charge >= 0.3 is 0 Å². The van der Waals surface area contributed by atoms with Crippen molar-refractivity contribution < 1.29 is 23.1 Å². The van der Waals surface area contributed by atoms with E-state index in [0.29, 0.717) is 30.1 Å². The average Bonchev–Trinajstić information content (AvgIpc) is 3.69. The number of rotatable bonds is 7. The van der Waals surface area contributed by atoms with Crippen molar-refractivity contribution in [3.05, 3.63) is 77.1 Å². The number of nitrogen functional groups attached to an aromatic ring is 1. The van der Waals surface area contributed by atoms with Crippen LogP contribution in [0.5, 0.6) is 5.75 Å². The van der Waals surface area contributed by atoms with E-state index in [-0.39, 0.29) is 40.5 Å². The lowest BCUT2D eigenvalue weighted by Gasteiger charge is -2.38. The fourth-order valence-electron chi connectivity index (χ4n) is 4.43. The first-order chi connectivity index (χ1) is 18.2. The van der Waals surface area contributed by atoms with E-state index in [2.05, 4.69) is 15.3 Å². The SMILES string of the molecule is CC=CC(=O)N1CC(Oc2c(N)ncnc2-c2cc(F)cc(NC(=O)c3ccc(C4CC4)cc3F)c2C)C1. The van der Waals surface area contributed by atoms with Gasteiger partial charge in [0.1, 0.15) is 29.8 Å². The van der Waals surface area contributed by atoms with Crippen molar-refractivity contribution in [3.8, 4) is 17.0 Å². The van der Waals surface area contributed by atoms with Crippen LogP contribution in [-0.2, 0) is 4.79 Å². The molecule has 1 aromatic heterocycles. The smallest absolute Gasteiger partial charge is 0.258 e. The summed E-state index contributed by atoms with van der Waals surface area (Å²) in [5.41, 5.74) is 8.05. The van der Waals surface area contributed by atoms with Crippen LogP contribution in [0.2, 0.25) is 0 Å². The zero-order valence-electron chi connectivity index (χ0n) is 21.0. The first-order valence-electron chi connectivity index (χ1n) is 12.3. The molecular formula is C28H27F2N5O3. The Kier molecular flexibility index (Phi) is 6.79. The van der Waals surface area contributed by atoms with E-state index in [9.17, 15) is 18.4 Å². The zero-order valence-corrected chi connectivity index (χ0v) is 21.0. The molecule has 0 unspecified atom stereocenters. The topological polar surface area (TPSA) is 110 Å². The summed E-state index contributed by atoms with van der Waals surface area (Å²) in [5.74, 6) is -1.51. The summed E-state index contributed by atoms with van der Waals surface area (Å²) in [6.45, 7) is 4.15. The molecule has 2 fully saturated rings. The second-order valence-corrected chi connectivity index (χ2v) is 9.51. The lowest BCUT2D eigenvalue weighted by molar-refractivity contribution is -0.134. The van der Waals surface area contributed by atoms with Crippen molar-refractivity contribution in [1.29, 1.82) is 0 Å². The van der Waals surface area contributed by atoms with Crippen LogP contribution in [0, 0.1) is 18.6 Å². The third-order valence-electron chi connectivity index (χ3n) is 6.75. The van der Waals surface area contributed by atoms with Crippen molar-refractivity contribution in [2.24, 2.45) is 0 Å². The highest BCUT2D eigenvalue weighted by molar-refractivity contribution is 6.05. The van der Waals surface area contributed by atoms with E-state index in [4.69, 9.17) is 10.5 Å². The summed E-state index contributed by atoms with van der Waals surface area (Å²) in [5, 5.41) is 2.63. The molecule has 0 atom stereocenters. The third-order valence-corrected chi connectivity index (χ3v) is 6.75. The van der Waals surface area contributed by atoms with Crippen LogP contribution in [0.1, 0.15) is 47.2 Å². The molecule has 2 aromatic carbocycles. The van der Waals surface area contributed by atoms with Gasteiger partial charge in [0, 0.05) is 11.3 Å². The first-order valence-corrected chi connectivity index (χ1v) is 12.3. The van der Waals surface area contributed by atoms with Crippen molar-refractivity contribution in [1.82, 2.24) is 14.9 Å². The molecule has 3 aromatic rings. The Morgan fingerprint density at radius 1 is 1.16 bits per heavy atom. The highest BCUT2D eigenvalue weighted by Crippen LogP contribution is 2.41. The summed E-state index contributed by atoms with van der Waals surface area (Å²) in [7, 11) is 0. The standard InChI is InChI=1S/C28H27F2N5O3/c1-3-4-24(36)35-12-19(13-35)38-26-25(32-14-33-27(26)31)21-10-18(29)11-23(15(21)2)34-28(37)20-8-7-17(9-22(20)30)16-5-6-16/h3-4,7-11,14,16,19H,5-6,12-13H2,1-2H3,(H,34,37)(H2,31,32,33). The number of nitrogens with two attached hydrogens (primary N) is 1. The molecule has 2 aliphatic rings. The number of carbonyl (C=O) groups is 2. The molecule has 0 spiro atoms. The van der Waals surface area contributed by atoms with E-state index >= 15 is 0 Å². The molecule has 1 aliphatic heterocycles. The summed E-state index contributed by atoms with van der Waals surface area (Å²) in [6, 6.07) is 7.01. The molecule has 5 rings (SSSR count). The van der Waals surface area contributed by atoms with Crippen LogP contribution in [0.25, 0.3) is 11.3 Å². The number of aromatic nitrogens is 2. The van der Waals surface area contributed by atoms with Gasteiger partial charge in [0.15, 0.2) is 11.6 Å². The number of benzene rings is 2. The predicted molar refractivity (Wildman–Crippen MR) is 139 cm³/mol. The van der Waals surface area contributed by atoms with E-state index in [1.165, 1.54) is 30.6 Å². The minimum atomic E-state index is -0.691. The van der Waals surface area contributed by atoms with Gasteiger partial charge in [0.2, 0.25) is 5.91 Å². The number of amides is 2. The van der Waals surface area contributed by atoms with Crippen molar-refractivity contribution >= 4 is 23.3 Å². The fourth-order valence-corrected chi connectivity index (χ4v) is 4.43. The number of nitrogens with zero attached hydrogens (tertiary/aromatic N) is 3. The first kappa shape index (κ1) is 25.3. The van der Waals surface area contributed by atoms with Crippen molar-refractivity contribution in [3.63, 3.8) is 0 Å². The number of halogens is 2. The van der Waals surface area contributed by atoms with Crippen LogP contribution in [0.4, 0.5) is 20.3 Å². The van der Waals surface area contributed by atoms with Gasteiger partial charge < -0.3 is 20.7 Å². The Morgan fingerprint density at radius 2 is 1.92 bits per heavy atom. The maximum atomic E-state index is 14.8. The number of carbonyl (C=O) groups excluding carboxylic acids is 2. The van der Waals surface area contributed by atoms with Gasteiger partial charge in [-0.2, -0.15) is 0 Å². The van der Waals surface area contributed by atoms with Gasteiger partial charge in [-0.15, -0.1) is 0 Å². The zero-order chi connectivity index (χ0) is 27.0. The van der Waals surface area contributed by atoms with Crippen LogP contribution in [0.15, 0.2) is 48.8 Å². The Morgan fingerprint density at radius 3 is 2.61 bits per heavy atom. The van der Waals surface area contributed by atoms with Crippen molar-refractivity contribution in [2.45, 2.75) is 38.7 Å². The van der Waals surface area contributed by atoms with Gasteiger partial charge in [-0.1, -0.05) is 12.1 Å². The summed E-state index contributed by atoms with van der Waals surface area (Å²) in [6.07, 6.45) is 6.07. The number of hydrogen-bond acceptors (Lipinski definition) is 6. The monoisotopic (exact) mass is 519 g/mol. The van der Waals surface area contributed by atoms with Gasteiger partial charge in [-0.25, -0.2) is 18.7 Å². The minimum Gasteiger partial charge on any atom is -0.481 e. The lowest BCUT2D eigenvalue weighted by atomic mass is 10.0. The second kappa shape index (κ2) is 10.2. The summed E-state index contributed by atoms with van der Waals surface area (Å²) >= 11 is 0. The molecule has 10 heteroatoms. The molecule has 3 N–H and O–H groups in total. The highest BCUT2D eigenvalue weighted by atomic mass is 19.1. The lowest BCUT2D eigenvalue weighted by Crippen LogP contribution is -2.55. The maximum absolute atomic E-state index is 14.8. The van der Waals surface area contributed by atoms with Crippen LogP contribution in [0.3, 0.4) is 0 Å². The molecule has 38 heavy (non-hydrogen) atoms. The molecule has 1 aliphatic carbocycles. The Bertz CT molecular complexity index is 1450. The van der Waals surface area contributed by atoms with Crippen molar-refractivity contribution in [2.75, 3.05) is 24.1 Å². The summed E-state index contributed by atoms with van der Waals surface area (Å²) in [4.78, 5) is 34.8. The number of likely N-dealkylation sites (tertiary alicyclic amines) is 1. The highest BCUT2D eigenvalue weighted by Gasteiger charge is 2.33. The molecule has 8 nitrogen and oxygen atoms in total. The maximum Gasteiger partial charge on any atom is 0.258 e. The number of nitrogens with one attached hydrogen (secondary N) is 1. The van der Waals surface area contributed by atoms with Gasteiger partial charge in [0.05, 0.1) is 18.7 Å². The molecule has 196 valence electrons. The molecule has 0 radical (unpaired) electrons. The molecular weight excluding hydrogens is 492 g/mol. The van der Waals surface area contributed by atoms with E-state index in [1.807, 2.05) is 0 Å². The normalized spacial score (nSPS) is 15.4. The minimum absolute atomic E-state index is 0.0558. The molecule has 0 bridgehead atoms. The molecule has 2 heterocycles. The molecule has 1 saturated carbocycles. The van der Waals surface area contributed by atoms with E-state index < -0.39 is 17.5 Å². The van der Waals surface area contributed by atoms with Crippen LogP contribution >= 0.6 is 0 Å². The van der Waals surface area contributed by atoms with Gasteiger partial charge in [0.25, 0.3) is 5.91 Å². The van der Waals surface area contributed by atoms with E-state index in [1.54, 1.807) is 30.9 Å². The molecule has 2 amide bonds. The van der Waals surface area contributed by atoms with Crippen LogP contribution in [-0.4, -0.2) is 45.9 Å². The number of allylic oxidation sites excluding steroid dienone is 1. The predicted octanol–water partition coefficient (Wildman–Crippen LogP) is 4.61. The Labute approximate surface area is 218 Å². The quantitative estimate of drug-likeness (QED) is 0.441. The number of anilines is 2. The fraction of sp³-hybridized carbons (Fsp3) is 0.286. The number of ether oxygens (including phenoxy) is 1. The summed E-state index contributed by atoms with van der Waals surface area (Å²) < 4.78 is 35.5. The molecule has 1 saturated heterocycles. The van der Waals surface area contributed by atoms with Gasteiger partial charge in [-0.05, 0) is 74.1 Å². The Balaban J connectivity index is 1.40. The number of hydrogen-bond donors (Lipinski definition) is 2. The van der Waals surface area contributed by atoms with E-state index in [0.717, 1.165) is 24.5 Å². The second-order valence-electron chi connectivity index (χ2n) is 9.51. The third kappa shape index (κ3) is 5.06. The Hall–Kier alpha value is -4.34. The largest absolute Gasteiger partial charge is 0.481 e. The van der Waals surface area contributed by atoms with Crippen LogP contribution < -0.4 is 15.8 Å². The average molecular weight is 520 g/mol. The van der Waals surface area contributed by atoms with Gasteiger partial charge in [-0.3, -0.25) is 9.59 Å².